The highest BCUT2D eigenvalue weighted by molar-refractivity contribution is 7.10. The molecule has 2 fully saturated rings. The minimum Gasteiger partial charge on any atom is -0.343 e. The third-order valence-corrected chi connectivity index (χ3v) is 7.76. The zero-order valence-electron chi connectivity index (χ0n) is 20.3. The molecule has 9 nitrogen and oxygen atoms in total. The lowest BCUT2D eigenvalue weighted by molar-refractivity contribution is -0.142. The molecule has 0 spiro atoms. The van der Waals surface area contributed by atoms with Crippen LogP contribution < -0.4 is 16.0 Å². The SMILES string of the molecule is CN[C@@H](C)C(=O)N[C@@H](C(=O)N1CCC[C@H]1C(=O)Nc1snnc1-c1ccccc1)C1CCCCC1. The van der Waals surface area contributed by atoms with Crippen molar-refractivity contribution in [3.63, 3.8) is 0 Å². The number of benzene rings is 1. The topological polar surface area (TPSA) is 116 Å². The number of rotatable bonds is 8. The second-order valence-electron chi connectivity index (χ2n) is 9.39. The molecule has 35 heavy (non-hydrogen) atoms. The lowest BCUT2D eigenvalue weighted by Crippen LogP contribution is -2.57. The van der Waals surface area contributed by atoms with Crippen molar-refractivity contribution >= 4 is 34.3 Å². The molecule has 0 radical (unpaired) electrons. The number of anilines is 1. The highest BCUT2D eigenvalue weighted by Gasteiger charge is 2.41. The van der Waals surface area contributed by atoms with Crippen molar-refractivity contribution in [3.8, 4) is 11.3 Å². The Balaban J connectivity index is 1.50. The molecular weight excluding hydrogens is 464 g/mol. The molecule has 3 N–H and O–H groups in total. The second-order valence-corrected chi connectivity index (χ2v) is 10.1. The number of nitrogens with one attached hydrogen (secondary N) is 3. The predicted molar refractivity (Wildman–Crippen MR) is 136 cm³/mol. The lowest BCUT2D eigenvalue weighted by atomic mass is 9.83. The van der Waals surface area contributed by atoms with Crippen LogP contribution in [0.25, 0.3) is 11.3 Å². The Morgan fingerprint density at radius 1 is 1.06 bits per heavy atom. The molecule has 3 amide bonds. The maximum absolute atomic E-state index is 13.8. The molecule has 2 aromatic rings. The summed E-state index contributed by atoms with van der Waals surface area (Å²) in [7, 11) is 1.72. The van der Waals surface area contributed by atoms with Crippen LogP contribution in [0.15, 0.2) is 30.3 Å². The van der Waals surface area contributed by atoms with Crippen LogP contribution in [0, 0.1) is 5.92 Å². The van der Waals surface area contributed by atoms with E-state index in [1.54, 1.807) is 18.9 Å². The molecule has 4 rings (SSSR count). The van der Waals surface area contributed by atoms with Crippen molar-refractivity contribution in [3.05, 3.63) is 30.3 Å². The van der Waals surface area contributed by atoms with Gasteiger partial charge in [-0.3, -0.25) is 14.4 Å². The average molecular weight is 499 g/mol. The summed E-state index contributed by atoms with van der Waals surface area (Å²) >= 11 is 1.12. The molecule has 0 unspecified atom stereocenters. The summed E-state index contributed by atoms with van der Waals surface area (Å²) in [6.07, 6.45) is 6.40. The van der Waals surface area contributed by atoms with E-state index < -0.39 is 18.1 Å². The number of amides is 3. The fourth-order valence-corrected chi connectivity index (χ4v) is 5.59. The molecule has 3 atom stereocenters. The number of hydrogen-bond donors (Lipinski definition) is 3. The van der Waals surface area contributed by atoms with Crippen LogP contribution in [0.4, 0.5) is 5.00 Å². The summed E-state index contributed by atoms with van der Waals surface area (Å²) in [6, 6.07) is 7.97. The number of aromatic nitrogens is 2. The van der Waals surface area contributed by atoms with Gasteiger partial charge in [-0.15, -0.1) is 5.10 Å². The maximum atomic E-state index is 13.8. The number of hydrogen-bond acceptors (Lipinski definition) is 7. The van der Waals surface area contributed by atoms with E-state index in [-0.39, 0.29) is 23.6 Å². The first-order chi connectivity index (χ1) is 17.0. The van der Waals surface area contributed by atoms with Crippen molar-refractivity contribution in [2.45, 2.75) is 70.0 Å². The van der Waals surface area contributed by atoms with E-state index in [1.807, 2.05) is 30.3 Å². The van der Waals surface area contributed by atoms with Crippen LogP contribution >= 0.6 is 11.5 Å². The molecule has 1 aromatic heterocycles. The Bertz CT molecular complexity index is 1020. The fourth-order valence-electron chi connectivity index (χ4n) is 4.99. The second kappa shape index (κ2) is 11.7. The van der Waals surface area contributed by atoms with Gasteiger partial charge in [0.2, 0.25) is 17.7 Å². The van der Waals surface area contributed by atoms with Gasteiger partial charge in [0.15, 0.2) is 0 Å². The summed E-state index contributed by atoms with van der Waals surface area (Å²) in [6.45, 7) is 2.28. The summed E-state index contributed by atoms with van der Waals surface area (Å²) in [5.74, 6) is -0.503. The molecular formula is C25H34N6O3S. The van der Waals surface area contributed by atoms with Gasteiger partial charge in [-0.25, -0.2) is 0 Å². The molecule has 1 aromatic carbocycles. The zero-order chi connectivity index (χ0) is 24.8. The van der Waals surface area contributed by atoms with E-state index in [0.29, 0.717) is 23.7 Å². The summed E-state index contributed by atoms with van der Waals surface area (Å²) in [5, 5.41) is 13.7. The van der Waals surface area contributed by atoms with Crippen LogP contribution in [0.2, 0.25) is 0 Å². The third-order valence-electron chi connectivity index (χ3n) is 7.12. The molecule has 1 saturated carbocycles. The Morgan fingerprint density at radius 2 is 1.80 bits per heavy atom. The first-order valence-electron chi connectivity index (χ1n) is 12.5. The van der Waals surface area contributed by atoms with Crippen LogP contribution in [0.5, 0.6) is 0 Å². The van der Waals surface area contributed by atoms with Gasteiger partial charge in [0, 0.05) is 23.6 Å². The van der Waals surface area contributed by atoms with Crippen molar-refractivity contribution in [1.29, 1.82) is 0 Å². The molecule has 0 bridgehead atoms. The van der Waals surface area contributed by atoms with Gasteiger partial charge in [0.05, 0.1) is 6.04 Å². The molecule has 2 aliphatic rings. The van der Waals surface area contributed by atoms with E-state index in [2.05, 4.69) is 25.5 Å². The third kappa shape index (κ3) is 5.87. The Kier molecular flexibility index (Phi) is 8.46. The highest BCUT2D eigenvalue weighted by atomic mass is 32.1. The largest absolute Gasteiger partial charge is 0.343 e. The molecule has 10 heteroatoms. The van der Waals surface area contributed by atoms with Crippen molar-refractivity contribution in [2.24, 2.45) is 5.92 Å². The van der Waals surface area contributed by atoms with Gasteiger partial charge in [-0.05, 0) is 45.6 Å². The van der Waals surface area contributed by atoms with Crippen LogP contribution in [0.3, 0.4) is 0 Å². The number of carbonyl (C=O) groups excluding carboxylic acids is 3. The minimum absolute atomic E-state index is 0.0870. The van der Waals surface area contributed by atoms with Gasteiger partial charge < -0.3 is 20.9 Å². The van der Waals surface area contributed by atoms with Gasteiger partial charge in [0.25, 0.3) is 0 Å². The van der Waals surface area contributed by atoms with E-state index >= 15 is 0 Å². The summed E-state index contributed by atoms with van der Waals surface area (Å²) in [4.78, 5) is 41.5. The lowest BCUT2D eigenvalue weighted by Gasteiger charge is -2.35. The van der Waals surface area contributed by atoms with Crippen LogP contribution in [-0.4, -0.2) is 63.9 Å². The Labute approximate surface area is 210 Å². The van der Waals surface area contributed by atoms with Crippen molar-refractivity contribution in [1.82, 2.24) is 25.1 Å². The van der Waals surface area contributed by atoms with Crippen LogP contribution in [-0.2, 0) is 14.4 Å². The monoisotopic (exact) mass is 498 g/mol. The minimum atomic E-state index is -0.614. The first kappa shape index (κ1) is 25.2. The highest BCUT2D eigenvalue weighted by Crippen LogP contribution is 2.31. The summed E-state index contributed by atoms with van der Waals surface area (Å²) < 4.78 is 4.02. The average Bonchev–Trinajstić information content (AvgIpc) is 3.57. The van der Waals surface area contributed by atoms with Gasteiger partial charge in [-0.2, -0.15) is 0 Å². The Hall–Kier alpha value is -2.85. The molecule has 1 aliphatic heterocycles. The number of likely N-dealkylation sites (N-methyl/N-ethyl adjacent to an activating group) is 1. The number of likely N-dealkylation sites (tertiary alicyclic amines) is 1. The molecule has 1 saturated heterocycles. The molecule has 2 heterocycles. The van der Waals surface area contributed by atoms with E-state index in [0.717, 1.165) is 55.6 Å². The smallest absolute Gasteiger partial charge is 0.247 e. The van der Waals surface area contributed by atoms with Crippen LogP contribution in [0.1, 0.15) is 51.9 Å². The van der Waals surface area contributed by atoms with E-state index in [1.165, 1.54) is 0 Å². The number of nitrogens with zero attached hydrogens (tertiary/aromatic N) is 3. The first-order valence-corrected chi connectivity index (χ1v) is 13.2. The van der Waals surface area contributed by atoms with Gasteiger partial charge >= 0.3 is 0 Å². The number of carbonyl (C=O) groups is 3. The normalized spacial score (nSPS) is 20.3. The quantitative estimate of drug-likeness (QED) is 0.515. The van der Waals surface area contributed by atoms with Gasteiger partial charge in [-0.1, -0.05) is 54.1 Å². The standard InChI is InChI=1S/C25H34N6O3S/c1-16(26-2)22(32)27-21(18-12-7-4-8-13-18)25(34)31-15-9-14-19(31)23(33)28-24-20(29-30-35-24)17-10-5-3-6-11-17/h3,5-6,10-11,16,18-19,21,26H,4,7-9,12-15H2,1-2H3,(H,27,32)(H,28,33)/t16-,19-,21+/m0/s1. The van der Waals surface area contributed by atoms with E-state index in [9.17, 15) is 14.4 Å². The van der Waals surface area contributed by atoms with Crippen molar-refractivity contribution < 1.29 is 14.4 Å². The fraction of sp³-hybridized carbons (Fsp3) is 0.560. The molecule has 1 aliphatic carbocycles. The van der Waals surface area contributed by atoms with Gasteiger partial charge in [0.1, 0.15) is 22.8 Å². The predicted octanol–water partition coefficient (Wildman–Crippen LogP) is 2.81. The molecule has 188 valence electrons. The van der Waals surface area contributed by atoms with E-state index in [4.69, 9.17) is 0 Å². The van der Waals surface area contributed by atoms with Crippen molar-refractivity contribution in [2.75, 3.05) is 18.9 Å². The maximum Gasteiger partial charge on any atom is 0.247 e. The Morgan fingerprint density at radius 3 is 2.51 bits per heavy atom. The summed E-state index contributed by atoms with van der Waals surface area (Å²) in [5.41, 5.74) is 1.49. The zero-order valence-corrected chi connectivity index (χ0v) is 21.1.